The van der Waals surface area contributed by atoms with Gasteiger partial charge in [0.25, 0.3) is 0 Å². The van der Waals surface area contributed by atoms with Crippen molar-refractivity contribution in [1.29, 1.82) is 0 Å². The molecule has 0 amide bonds. The Morgan fingerprint density at radius 2 is 2.16 bits per heavy atom. The van der Waals surface area contributed by atoms with Crippen LogP contribution in [0.3, 0.4) is 0 Å². The molecule has 3 rings (SSSR count). The van der Waals surface area contributed by atoms with Gasteiger partial charge in [-0.05, 0) is 17.7 Å². The third-order valence-electron chi connectivity index (χ3n) is 3.39. The van der Waals surface area contributed by atoms with Gasteiger partial charge in [0.2, 0.25) is 0 Å². The molecule has 1 aromatic rings. The molecule has 0 radical (unpaired) electrons. The molecule has 104 valence electrons. The maximum absolute atomic E-state index is 5.88. The van der Waals surface area contributed by atoms with Gasteiger partial charge in [-0.2, -0.15) is 0 Å². The third kappa shape index (κ3) is 2.83. The Labute approximate surface area is 112 Å². The lowest BCUT2D eigenvalue weighted by Gasteiger charge is -2.28. The standard InChI is InChI=1S/C14H19NO4/c1-16-12-3-2-10(14-7-15-4-5-18-14)6-13(12)19-11-8-17-9-11/h2-3,6,11,14-15H,4-5,7-9H2,1H3. The Bertz CT molecular complexity index is 427. The Balaban J connectivity index is 1.78. The minimum absolute atomic E-state index is 0.0830. The van der Waals surface area contributed by atoms with Crippen molar-refractivity contribution < 1.29 is 18.9 Å². The minimum atomic E-state index is 0.0830. The van der Waals surface area contributed by atoms with Crippen LogP contribution in [0.25, 0.3) is 0 Å². The molecule has 2 fully saturated rings. The summed E-state index contributed by atoms with van der Waals surface area (Å²) in [6, 6.07) is 5.97. The van der Waals surface area contributed by atoms with Gasteiger partial charge >= 0.3 is 0 Å². The summed E-state index contributed by atoms with van der Waals surface area (Å²) in [5.41, 5.74) is 1.11. The molecule has 0 aliphatic carbocycles. The molecule has 1 atom stereocenters. The van der Waals surface area contributed by atoms with E-state index in [9.17, 15) is 0 Å². The van der Waals surface area contributed by atoms with Crippen LogP contribution in [-0.2, 0) is 9.47 Å². The van der Waals surface area contributed by atoms with Crippen molar-refractivity contribution >= 4 is 0 Å². The van der Waals surface area contributed by atoms with E-state index in [2.05, 4.69) is 5.32 Å². The highest BCUT2D eigenvalue weighted by molar-refractivity contribution is 5.44. The van der Waals surface area contributed by atoms with E-state index in [1.807, 2.05) is 18.2 Å². The van der Waals surface area contributed by atoms with Crippen LogP contribution >= 0.6 is 0 Å². The van der Waals surface area contributed by atoms with Gasteiger partial charge in [-0.15, -0.1) is 0 Å². The predicted molar refractivity (Wildman–Crippen MR) is 69.8 cm³/mol. The van der Waals surface area contributed by atoms with Gasteiger partial charge in [0.1, 0.15) is 6.10 Å². The average molecular weight is 265 g/mol. The quantitative estimate of drug-likeness (QED) is 0.884. The van der Waals surface area contributed by atoms with Crippen LogP contribution < -0.4 is 14.8 Å². The normalized spacial score (nSPS) is 23.7. The number of benzene rings is 1. The molecule has 2 aliphatic heterocycles. The van der Waals surface area contributed by atoms with Crippen molar-refractivity contribution in [3.8, 4) is 11.5 Å². The Morgan fingerprint density at radius 1 is 1.26 bits per heavy atom. The fourth-order valence-electron chi connectivity index (χ4n) is 2.23. The molecule has 0 aromatic heterocycles. The topological polar surface area (TPSA) is 49.0 Å². The van der Waals surface area contributed by atoms with Gasteiger partial charge in [0, 0.05) is 13.1 Å². The second kappa shape index (κ2) is 5.77. The zero-order valence-corrected chi connectivity index (χ0v) is 11.1. The lowest BCUT2D eigenvalue weighted by atomic mass is 10.1. The number of ether oxygens (including phenoxy) is 4. The summed E-state index contributed by atoms with van der Waals surface area (Å²) < 4.78 is 22.1. The second-order valence-electron chi connectivity index (χ2n) is 4.75. The van der Waals surface area contributed by atoms with E-state index in [1.165, 1.54) is 0 Å². The molecule has 5 nitrogen and oxygen atoms in total. The second-order valence-corrected chi connectivity index (χ2v) is 4.75. The zero-order valence-electron chi connectivity index (χ0n) is 11.1. The fourth-order valence-corrected chi connectivity index (χ4v) is 2.23. The zero-order chi connectivity index (χ0) is 13.1. The maximum atomic E-state index is 5.88. The molecule has 1 aromatic carbocycles. The van der Waals surface area contributed by atoms with E-state index < -0.39 is 0 Å². The van der Waals surface area contributed by atoms with Gasteiger partial charge < -0.3 is 24.3 Å². The van der Waals surface area contributed by atoms with E-state index in [-0.39, 0.29) is 12.2 Å². The van der Waals surface area contributed by atoms with E-state index >= 15 is 0 Å². The van der Waals surface area contributed by atoms with Crippen molar-refractivity contribution in [2.75, 3.05) is 40.0 Å². The van der Waals surface area contributed by atoms with Crippen LogP contribution in [-0.4, -0.2) is 46.1 Å². The number of morpholine rings is 1. The van der Waals surface area contributed by atoms with Crippen molar-refractivity contribution in [2.24, 2.45) is 0 Å². The van der Waals surface area contributed by atoms with Crippen LogP contribution in [0, 0.1) is 0 Å². The molecule has 0 bridgehead atoms. The third-order valence-corrected chi connectivity index (χ3v) is 3.39. The van der Waals surface area contributed by atoms with Crippen molar-refractivity contribution in [3.63, 3.8) is 0 Å². The summed E-state index contributed by atoms with van der Waals surface area (Å²) >= 11 is 0. The first-order valence-electron chi connectivity index (χ1n) is 6.61. The van der Waals surface area contributed by atoms with Gasteiger partial charge in [-0.25, -0.2) is 0 Å². The number of rotatable bonds is 4. The first-order valence-corrected chi connectivity index (χ1v) is 6.61. The van der Waals surface area contributed by atoms with Gasteiger partial charge in [-0.3, -0.25) is 0 Å². The summed E-state index contributed by atoms with van der Waals surface area (Å²) in [6.07, 6.45) is 0.217. The molecule has 2 aliphatic rings. The first kappa shape index (κ1) is 12.7. The maximum Gasteiger partial charge on any atom is 0.162 e. The molecular weight excluding hydrogens is 246 g/mol. The highest BCUT2D eigenvalue weighted by Crippen LogP contribution is 2.33. The first-order chi connectivity index (χ1) is 9.36. The molecule has 2 saturated heterocycles. The van der Waals surface area contributed by atoms with Crippen molar-refractivity contribution in [3.05, 3.63) is 23.8 Å². The van der Waals surface area contributed by atoms with Crippen molar-refractivity contribution in [2.45, 2.75) is 12.2 Å². The van der Waals surface area contributed by atoms with Gasteiger partial charge in [0.15, 0.2) is 11.5 Å². The largest absolute Gasteiger partial charge is 0.493 e. The Morgan fingerprint density at radius 3 is 2.79 bits per heavy atom. The van der Waals surface area contributed by atoms with Crippen LogP contribution in [0.2, 0.25) is 0 Å². The summed E-state index contributed by atoms with van der Waals surface area (Å²) in [4.78, 5) is 0. The lowest BCUT2D eigenvalue weighted by molar-refractivity contribution is -0.0804. The summed E-state index contributed by atoms with van der Waals surface area (Å²) in [7, 11) is 1.65. The Kier molecular flexibility index (Phi) is 3.87. The molecule has 0 saturated carbocycles. The minimum Gasteiger partial charge on any atom is -0.493 e. The van der Waals surface area contributed by atoms with E-state index in [1.54, 1.807) is 7.11 Å². The predicted octanol–water partition coefficient (Wildman–Crippen LogP) is 1.13. The molecule has 0 spiro atoms. The molecule has 5 heteroatoms. The van der Waals surface area contributed by atoms with E-state index in [4.69, 9.17) is 18.9 Å². The highest BCUT2D eigenvalue weighted by atomic mass is 16.6. The average Bonchev–Trinajstić information content (AvgIpc) is 2.43. The monoisotopic (exact) mass is 265 g/mol. The van der Waals surface area contributed by atoms with Crippen LogP contribution in [0.1, 0.15) is 11.7 Å². The molecule has 1 unspecified atom stereocenters. The van der Waals surface area contributed by atoms with Crippen LogP contribution in [0.5, 0.6) is 11.5 Å². The van der Waals surface area contributed by atoms with Crippen molar-refractivity contribution in [1.82, 2.24) is 5.32 Å². The fraction of sp³-hybridized carbons (Fsp3) is 0.571. The number of hydrogen-bond donors (Lipinski definition) is 1. The molecule has 1 N–H and O–H groups in total. The molecular formula is C14H19NO4. The lowest BCUT2D eigenvalue weighted by Crippen LogP contribution is -2.38. The van der Waals surface area contributed by atoms with Gasteiger partial charge in [-0.1, -0.05) is 6.07 Å². The highest BCUT2D eigenvalue weighted by Gasteiger charge is 2.23. The van der Waals surface area contributed by atoms with Crippen LogP contribution in [0.4, 0.5) is 0 Å². The summed E-state index contributed by atoms with van der Waals surface area (Å²) in [6.45, 7) is 3.78. The van der Waals surface area contributed by atoms with Crippen LogP contribution in [0.15, 0.2) is 18.2 Å². The van der Waals surface area contributed by atoms with Gasteiger partial charge in [0.05, 0.1) is 33.0 Å². The molecule has 19 heavy (non-hydrogen) atoms. The number of hydrogen-bond acceptors (Lipinski definition) is 5. The van der Waals surface area contributed by atoms with E-state index in [0.29, 0.717) is 13.2 Å². The SMILES string of the molecule is COc1ccc(C2CNCCO2)cc1OC1COC1. The van der Waals surface area contributed by atoms with E-state index in [0.717, 1.165) is 36.8 Å². The number of methoxy groups -OCH3 is 1. The molecule has 2 heterocycles. The summed E-state index contributed by atoms with van der Waals surface area (Å²) in [5, 5.41) is 3.33. The summed E-state index contributed by atoms with van der Waals surface area (Å²) in [5.74, 6) is 1.52. The smallest absolute Gasteiger partial charge is 0.162 e. The number of nitrogens with one attached hydrogen (secondary N) is 1. The Hall–Kier alpha value is -1.30.